The van der Waals surface area contributed by atoms with Gasteiger partial charge in [-0.25, -0.2) is 0 Å². The molecule has 0 radical (unpaired) electrons. The molecule has 108 valence electrons. The van der Waals surface area contributed by atoms with Crippen LogP contribution in [0.5, 0.6) is 5.75 Å². The Hall–Kier alpha value is -1.81. The molecule has 0 saturated heterocycles. The van der Waals surface area contributed by atoms with E-state index in [2.05, 4.69) is 27.3 Å². The molecule has 0 heterocycles. The van der Waals surface area contributed by atoms with Gasteiger partial charge >= 0.3 is 0 Å². The smallest absolute Gasteiger partial charge is 0.251 e. The van der Waals surface area contributed by atoms with Crippen LogP contribution in [0.3, 0.4) is 0 Å². The van der Waals surface area contributed by atoms with Gasteiger partial charge in [-0.15, -0.1) is 0 Å². The number of hydrogen-bond acceptors (Lipinski definition) is 2. The van der Waals surface area contributed by atoms with E-state index < -0.39 is 0 Å². The van der Waals surface area contributed by atoms with Crippen molar-refractivity contribution in [2.24, 2.45) is 0 Å². The largest absolute Gasteiger partial charge is 0.508 e. The summed E-state index contributed by atoms with van der Waals surface area (Å²) in [5.74, 6) is -0.0266. The van der Waals surface area contributed by atoms with Gasteiger partial charge in [-0.3, -0.25) is 4.79 Å². The molecule has 1 aliphatic carbocycles. The fraction of sp³-hybridized carbons (Fsp3) is 0.235. The van der Waals surface area contributed by atoms with Gasteiger partial charge in [0.1, 0.15) is 5.75 Å². The van der Waals surface area contributed by atoms with Crippen LogP contribution in [0.15, 0.2) is 42.5 Å². The number of alkyl halides is 1. The van der Waals surface area contributed by atoms with Crippen LogP contribution in [0.4, 0.5) is 0 Å². The number of carbonyl (C=O) groups is 1. The molecule has 2 unspecified atom stereocenters. The van der Waals surface area contributed by atoms with E-state index in [0.29, 0.717) is 5.56 Å². The van der Waals surface area contributed by atoms with Gasteiger partial charge in [0, 0.05) is 10.4 Å². The van der Waals surface area contributed by atoms with Gasteiger partial charge < -0.3 is 10.4 Å². The first-order valence-electron chi connectivity index (χ1n) is 6.88. The summed E-state index contributed by atoms with van der Waals surface area (Å²) in [6.45, 7) is 1.80. The zero-order valence-electron chi connectivity index (χ0n) is 11.6. The third kappa shape index (κ3) is 2.68. The summed E-state index contributed by atoms with van der Waals surface area (Å²) >= 11 is 3.65. The molecule has 2 N–H and O–H groups in total. The molecule has 4 heteroatoms. The molecular weight excluding hydrogens is 330 g/mol. The van der Waals surface area contributed by atoms with Crippen LogP contribution in [0, 0.1) is 6.92 Å². The van der Waals surface area contributed by atoms with Crippen molar-refractivity contribution in [3.8, 4) is 5.75 Å². The second-order valence-electron chi connectivity index (χ2n) is 5.37. The van der Waals surface area contributed by atoms with Gasteiger partial charge in [0.2, 0.25) is 0 Å². The van der Waals surface area contributed by atoms with Crippen LogP contribution < -0.4 is 5.32 Å². The number of carbonyl (C=O) groups excluding carboxylic acids is 1. The summed E-state index contributed by atoms with van der Waals surface area (Å²) in [5, 5.41) is 12.8. The number of aryl methyl sites for hydroxylation is 1. The zero-order valence-corrected chi connectivity index (χ0v) is 13.2. The highest BCUT2D eigenvalue weighted by atomic mass is 79.9. The molecule has 1 amide bonds. The Balaban J connectivity index is 1.83. The lowest BCUT2D eigenvalue weighted by Gasteiger charge is -2.18. The zero-order chi connectivity index (χ0) is 15.0. The minimum atomic E-state index is -0.170. The molecule has 1 aliphatic rings. The van der Waals surface area contributed by atoms with Crippen molar-refractivity contribution in [3.05, 3.63) is 64.7 Å². The minimum absolute atomic E-state index is 0.0443. The Morgan fingerprint density at radius 3 is 2.81 bits per heavy atom. The maximum Gasteiger partial charge on any atom is 0.251 e. The van der Waals surface area contributed by atoms with Crippen LogP contribution in [0.25, 0.3) is 0 Å². The number of halogens is 1. The number of hydrogen-bond donors (Lipinski definition) is 2. The average Bonchev–Trinajstić information content (AvgIpc) is 2.78. The monoisotopic (exact) mass is 345 g/mol. The molecular formula is C17H16BrNO2. The topological polar surface area (TPSA) is 49.3 Å². The molecule has 3 nitrogen and oxygen atoms in total. The number of rotatable bonds is 2. The third-order valence-electron chi connectivity index (χ3n) is 3.92. The van der Waals surface area contributed by atoms with Crippen molar-refractivity contribution in [2.75, 3.05) is 0 Å². The van der Waals surface area contributed by atoms with Crippen molar-refractivity contribution < 1.29 is 9.90 Å². The molecule has 3 rings (SSSR count). The van der Waals surface area contributed by atoms with Gasteiger partial charge in [0.05, 0.1) is 6.04 Å². The Morgan fingerprint density at radius 2 is 2.05 bits per heavy atom. The summed E-state index contributed by atoms with van der Waals surface area (Å²) in [4.78, 5) is 12.6. The first kappa shape index (κ1) is 14.1. The van der Waals surface area contributed by atoms with Gasteiger partial charge in [0.15, 0.2) is 0 Å². The Bertz CT molecular complexity index is 699. The molecule has 0 bridgehead atoms. The van der Waals surface area contributed by atoms with Gasteiger partial charge in [0.25, 0.3) is 5.91 Å². The molecule has 21 heavy (non-hydrogen) atoms. The number of phenolic OH excluding ortho intramolecular Hbond substituents is 1. The summed E-state index contributed by atoms with van der Waals surface area (Å²) in [6, 6.07) is 13.1. The van der Waals surface area contributed by atoms with E-state index in [-0.39, 0.29) is 22.5 Å². The van der Waals surface area contributed by atoms with Crippen LogP contribution in [0.1, 0.15) is 33.1 Å². The van der Waals surface area contributed by atoms with Crippen LogP contribution in [-0.4, -0.2) is 15.8 Å². The lowest BCUT2D eigenvalue weighted by molar-refractivity contribution is 0.0937. The number of fused-ring (bicyclic) bond motifs is 1. The second-order valence-corrected chi connectivity index (χ2v) is 6.55. The molecule has 2 atom stereocenters. The van der Waals surface area contributed by atoms with E-state index in [4.69, 9.17) is 0 Å². The van der Waals surface area contributed by atoms with E-state index in [9.17, 15) is 9.90 Å². The normalized spacial score (nSPS) is 20.1. The van der Waals surface area contributed by atoms with Crippen LogP contribution in [-0.2, 0) is 6.42 Å². The SMILES string of the molecule is Cc1ccc(C(=O)NC2c3ccccc3CC2Br)cc1O. The van der Waals surface area contributed by atoms with Crippen molar-refractivity contribution in [1.82, 2.24) is 5.32 Å². The second kappa shape index (κ2) is 5.53. The number of aromatic hydroxyl groups is 1. The molecule has 0 spiro atoms. The van der Waals surface area contributed by atoms with Gasteiger partial charge in [-0.05, 0) is 42.2 Å². The van der Waals surface area contributed by atoms with Crippen molar-refractivity contribution in [2.45, 2.75) is 24.2 Å². The summed E-state index contributed by atoms with van der Waals surface area (Å²) in [6.07, 6.45) is 0.903. The van der Waals surface area contributed by atoms with E-state index >= 15 is 0 Å². The van der Waals surface area contributed by atoms with Gasteiger partial charge in [-0.1, -0.05) is 46.3 Å². The van der Waals surface area contributed by atoms with Crippen molar-refractivity contribution >= 4 is 21.8 Å². The van der Waals surface area contributed by atoms with E-state index in [0.717, 1.165) is 17.5 Å². The fourth-order valence-electron chi connectivity index (χ4n) is 2.69. The Morgan fingerprint density at radius 1 is 1.29 bits per heavy atom. The molecule has 2 aromatic rings. The maximum atomic E-state index is 12.4. The standard InChI is InChI=1S/C17H16BrNO2/c1-10-6-7-12(9-15(10)20)17(21)19-16-13-5-3-2-4-11(13)8-14(16)18/h2-7,9,14,16,20H,8H2,1H3,(H,19,21). The van der Waals surface area contributed by atoms with E-state index in [1.807, 2.05) is 18.2 Å². The Labute approximate surface area is 132 Å². The first-order valence-corrected chi connectivity index (χ1v) is 7.80. The number of amides is 1. The summed E-state index contributed by atoms with van der Waals surface area (Å²) in [7, 11) is 0. The summed E-state index contributed by atoms with van der Waals surface area (Å²) < 4.78 is 0. The number of phenols is 1. The highest BCUT2D eigenvalue weighted by molar-refractivity contribution is 9.09. The molecule has 0 fully saturated rings. The van der Waals surface area contributed by atoms with E-state index in [1.54, 1.807) is 19.1 Å². The predicted octanol–water partition coefficient (Wildman–Crippen LogP) is 3.49. The third-order valence-corrected chi connectivity index (χ3v) is 4.78. The summed E-state index contributed by atoms with van der Waals surface area (Å²) in [5.41, 5.74) is 3.65. The highest BCUT2D eigenvalue weighted by Gasteiger charge is 2.31. The number of benzene rings is 2. The quantitative estimate of drug-likeness (QED) is 0.818. The molecule has 0 aliphatic heterocycles. The van der Waals surface area contributed by atoms with Gasteiger partial charge in [-0.2, -0.15) is 0 Å². The lowest BCUT2D eigenvalue weighted by atomic mass is 10.1. The first-order chi connectivity index (χ1) is 10.1. The van der Waals surface area contributed by atoms with Crippen LogP contribution >= 0.6 is 15.9 Å². The lowest BCUT2D eigenvalue weighted by Crippen LogP contribution is -2.31. The fourth-order valence-corrected chi connectivity index (χ4v) is 3.46. The Kier molecular flexibility index (Phi) is 3.72. The van der Waals surface area contributed by atoms with Crippen LogP contribution in [0.2, 0.25) is 0 Å². The molecule has 0 saturated carbocycles. The van der Waals surface area contributed by atoms with Crippen molar-refractivity contribution in [3.63, 3.8) is 0 Å². The number of nitrogens with one attached hydrogen (secondary N) is 1. The molecule has 2 aromatic carbocycles. The molecule has 0 aromatic heterocycles. The maximum absolute atomic E-state index is 12.4. The van der Waals surface area contributed by atoms with E-state index in [1.165, 1.54) is 11.6 Å². The highest BCUT2D eigenvalue weighted by Crippen LogP contribution is 2.36. The minimum Gasteiger partial charge on any atom is -0.508 e. The average molecular weight is 346 g/mol. The van der Waals surface area contributed by atoms with Crippen molar-refractivity contribution in [1.29, 1.82) is 0 Å². The predicted molar refractivity (Wildman–Crippen MR) is 85.9 cm³/mol.